The first kappa shape index (κ1) is 12.4. The Kier molecular flexibility index (Phi) is 3.53. The number of H-pyrrole nitrogens is 1. The third-order valence-electron chi connectivity index (χ3n) is 2.98. The van der Waals surface area contributed by atoms with Crippen molar-refractivity contribution in [3.05, 3.63) is 30.0 Å². The third kappa shape index (κ3) is 2.31. The normalized spacial score (nSPS) is 12.6. The SMILES string of the molecule is COc1ccc2[nH]c(C(CCN)C(=O)O)cc2c1. The second-order valence-electron chi connectivity index (χ2n) is 4.15. The van der Waals surface area contributed by atoms with Crippen molar-refractivity contribution >= 4 is 16.9 Å². The minimum Gasteiger partial charge on any atom is -0.497 e. The number of aromatic amines is 1. The van der Waals surface area contributed by atoms with Crippen LogP contribution in [0.3, 0.4) is 0 Å². The van der Waals surface area contributed by atoms with Gasteiger partial charge >= 0.3 is 5.97 Å². The molecule has 1 unspecified atom stereocenters. The predicted octanol–water partition coefficient (Wildman–Crippen LogP) is 1.69. The maximum atomic E-state index is 11.2. The highest BCUT2D eigenvalue weighted by molar-refractivity contribution is 5.85. The smallest absolute Gasteiger partial charge is 0.312 e. The fraction of sp³-hybridized carbons (Fsp3) is 0.308. The molecule has 2 aromatic rings. The van der Waals surface area contributed by atoms with Gasteiger partial charge in [-0.05, 0) is 37.2 Å². The molecule has 5 heteroatoms. The van der Waals surface area contributed by atoms with Gasteiger partial charge in [0.1, 0.15) is 5.75 Å². The number of carboxylic acid groups (broad SMARTS) is 1. The van der Waals surface area contributed by atoms with Gasteiger partial charge in [-0.2, -0.15) is 0 Å². The molecule has 0 saturated heterocycles. The molecule has 1 aromatic heterocycles. The fourth-order valence-corrected chi connectivity index (χ4v) is 2.03. The zero-order chi connectivity index (χ0) is 13.1. The molecule has 18 heavy (non-hydrogen) atoms. The molecule has 0 saturated carbocycles. The molecule has 0 aliphatic carbocycles. The Hall–Kier alpha value is -2.01. The minimum atomic E-state index is -0.862. The zero-order valence-electron chi connectivity index (χ0n) is 10.1. The van der Waals surface area contributed by atoms with Gasteiger partial charge in [0.2, 0.25) is 0 Å². The maximum Gasteiger partial charge on any atom is 0.312 e. The number of hydrogen-bond acceptors (Lipinski definition) is 3. The van der Waals surface area contributed by atoms with E-state index < -0.39 is 11.9 Å². The number of nitrogens with two attached hydrogens (primary N) is 1. The predicted molar refractivity (Wildman–Crippen MR) is 68.9 cm³/mol. The highest BCUT2D eigenvalue weighted by Crippen LogP contribution is 2.26. The Bertz CT molecular complexity index is 562. The van der Waals surface area contributed by atoms with E-state index in [0.717, 1.165) is 16.7 Å². The molecule has 0 aliphatic heterocycles. The molecule has 0 spiro atoms. The van der Waals surface area contributed by atoms with Gasteiger partial charge < -0.3 is 20.6 Å². The molecule has 96 valence electrons. The third-order valence-corrected chi connectivity index (χ3v) is 2.98. The van der Waals surface area contributed by atoms with Crippen molar-refractivity contribution in [2.24, 2.45) is 5.73 Å². The van der Waals surface area contributed by atoms with Crippen molar-refractivity contribution in [2.45, 2.75) is 12.3 Å². The molecule has 1 heterocycles. The van der Waals surface area contributed by atoms with Crippen molar-refractivity contribution in [2.75, 3.05) is 13.7 Å². The molecule has 0 amide bonds. The van der Waals surface area contributed by atoms with Crippen molar-refractivity contribution in [1.29, 1.82) is 0 Å². The molecule has 2 rings (SSSR count). The summed E-state index contributed by atoms with van der Waals surface area (Å²) in [5.41, 5.74) is 7.02. The van der Waals surface area contributed by atoms with Crippen molar-refractivity contribution in [1.82, 2.24) is 4.98 Å². The van der Waals surface area contributed by atoms with Crippen LogP contribution in [0.25, 0.3) is 10.9 Å². The molecule has 5 nitrogen and oxygen atoms in total. The number of fused-ring (bicyclic) bond motifs is 1. The number of nitrogens with one attached hydrogen (secondary N) is 1. The number of benzene rings is 1. The van der Waals surface area contributed by atoms with Gasteiger partial charge in [0.15, 0.2) is 0 Å². The van der Waals surface area contributed by atoms with Crippen molar-refractivity contribution in [3.63, 3.8) is 0 Å². The molecular formula is C13H16N2O3. The second kappa shape index (κ2) is 5.10. The summed E-state index contributed by atoms with van der Waals surface area (Å²) in [6.45, 7) is 0.343. The van der Waals surface area contributed by atoms with E-state index in [1.807, 2.05) is 24.3 Å². The van der Waals surface area contributed by atoms with Crippen LogP contribution in [0.15, 0.2) is 24.3 Å². The van der Waals surface area contributed by atoms with E-state index in [0.29, 0.717) is 18.7 Å². The molecule has 0 bridgehead atoms. The Labute approximate surface area is 105 Å². The van der Waals surface area contributed by atoms with Crippen LogP contribution >= 0.6 is 0 Å². The van der Waals surface area contributed by atoms with Crippen LogP contribution in [-0.4, -0.2) is 29.7 Å². The summed E-state index contributed by atoms with van der Waals surface area (Å²) in [4.78, 5) is 14.3. The van der Waals surface area contributed by atoms with Gasteiger partial charge in [0.05, 0.1) is 13.0 Å². The molecule has 1 aromatic carbocycles. The van der Waals surface area contributed by atoms with Gasteiger partial charge in [-0.15, -0.1) is 0 Å². The summed E-state index contributed by atoms with van der Waals surface area (Å²) < 4.78 is 5.14. The minimum absolute atomic E-state index is 0.343. The largest absolute Gasteiger partial charge is 0.497 e. The van der Waals surface area contributed by atoms with Crippen LogP contribution in [0.4, 0.5) is 0 Å². The summed E-state index contributed by atoms with van der Waals surface area (Å²) in [5, 5.41) is 10.1. The molecule has 0 aliphatic rings. The van der Waals surface area contributed by atoms with E-state index in [-0.39, 0.29) is 0 Å². The zero-order valence-corrected chi connectivity index (χ0v) is 10.1. The van der Waals surface area contributed by atoms with E-state index in [1.54, 1.807) is 7.11 Å². The van der Waals surface area contributed by atoms with Crippen LogP contribution in [0.2, 0.25) is 0 Å². The van der Waals surface area contributed by atoms with Crippen molar-refractivity contribution in [3.8, 4) is 5.75 Å². The molecule has 4 N–H and O–H groups in total. The number of carboxylic acids is 1. The standard InChI is InChI=1S/C13H16N2O3/c1-18-9-2-3-11-8(6-9)7-12(15-11)10(4-5-14)13(16)17/h2-3,6-7,10,15H,4-5,14H2,1H3,(H,16,17). The van der Waals surface area contributed by atoms with Crippen LogP contribution in [0.1, 0.15) is 18.0 Å². The van der Waals surface area contributed by atoms with Crippen LogP contribution in [-0.2, 0) is 4.79 Å². The lowest BCUT2D eigenvalue weighted by Crippen LogP contribution is -2.16. The fourth-order valence-electron chi connectivity index (χ4n) is 2.03. The van der Waals surface area contributed by atoms with Gasteiger partial charge in [0, 0.05) is 16.6 Å². The van der Waals surface area contributed by atoms with E-state index in [1.165, 1.54) is 0 Å². The van der Waals surface area contributed by atoms with Crippen LogP contribution < -0.4 is 10.5 Å². The number of carbonyl (C=O) groups is 1. The average molecular weight is 248 g/mol. The Morgan fingerprint density at radius 2 is 2.28 bits per heavy atom. The quantitative estimate of drug-likeness (QED) is 0.751. The van der Waals surface area contributed by atoms with E-state index in [2.05, 4.69) is 4.98 Å². The Balaban J connectivity index is 2.41. The molecule has 0 radical (unpaired) electrons. The summed E-state index contributed by atoms with van der Waals surface area (Å²) in [6.07, 6.45) is 0.416. The lowest BCUT2D eigenvalue weighted by molar-refractivity contribution is -0.139. The average Bonchev–Trinajstić information content (AvgIpc) is 2.77. The number of hydrogen-bond donors (Lipinski definition) is 3. The first-order valence-electron chi connectivity index (χ1n) is 5.75. The summed E-state index contributed by atoms with van der Waals surface area (Å²) in [5.74, 6) is -0.703. The van der Waals surface area contributed by atoms with Crippen molar-refractivity contribution < 1.29 is 14.6 Å². The van der Waals surface area contributed by atoms with Crippen LogP contribution in [0, 0.1) is 0 Å². The van der Waals surface area contributed by atoms with E-state index >= 15 is 0 Å². The number of methoxy groups -OCH3 is 1. The summed E-state index contributed by atoms with van der Waals surface area (Å²) in [6, 6.07) is 7.42. The van der Waals surface area contributed by atoms with Gasteiger partial charge in [-0.25, -0.2) is 0 Å². The Morgan fingerprint density at radius 1 is 1.50 bits per heavy atom. The lowest BCUT2D eigenvalue weighted by atomic mass is 10.0. The van der Waals surface area contributed by atoms with Gasteiger partial charge in [-0.1, -0.05) is 0 Å². The monoisotopic (exact) mass is 248 g/mol. The topological polar surface area (TPSA) is 88.3 Å². The second-order valence-corrected chi connectivity index (χ2v) is 4.15. The van der Waals surface area contributed by atoms with Crippen LogP contribution in [0.5, 0.6) is 5.75 Å². The highest BCUT2D eigenvalue weighted by Gasteiger charge is 2.20. The lowest BCUT2D eigenvalue weighted by Gasteiger charge is -2.08. The first-order chi connectivity index (χ1) is 8.65. The summed E-state index contributed by atoms with van der Waals surface area (Å²) >= 11 is 0. The van der Waals surface area contributed by atoms with Gasteiger partial charge in [-0.3, -0.25) is 4.79 Å². The first-order valence-corrected chi connectivity index (χ1v) is 5.75. The molecule has 1 atom stereocenters. The molecule has 0 fully saturated rings. The van der Waals surface area contributed by atoms with Gasteiger partial charge in [0.25, 0.3) is 0 Å². The number of ether oxygens (including phenoxy) is 1. The maximum absolute atomic E-state index is 11.2. The number of rotatable bonds is 5. The molecular weight excluding hydrogens is 232 g/mol. The highest BCUT2D eigenvalue weighted by atomic mass is 16.5. The van der Waals surface area contributed by atoms with E-state index in [4.69, 9.17) is 10.5 Å². The number of aromatic nitrogens is 1. The Morgan fingerprint density at radius 3 is 2.89 bits per heavy atom. The summed E-state index contributed by atoms with van der Waals surface area (Å²) in [7, 11) is 1.60. The van der Waals surface area contributed by atoms with E-state index in [9.17, 15) is 9.90 Å². The number of aliphatic carboxylic acids is 1.